The van der Waals surface area contributed by atoms with Gasteiger partial charge in [0.15, 0.2) is 11.3 Å². The first kappa shape index (κ1) is 16.2. The lowest BCUT2D eigenvalue weighted by Gasteiger charge is -2.13. The maximum Gasteiger partial charge on any atom is 0.453 e. The third-order valence-electron chi connectivity index (χ3n) is 3.65. The van der Waals surface area contributed by atoms with Crippen LogP contribution in [0.15, 0.2) is 45.6 Å². The summed E-state index contributed by atoms with van der Waals surface area (Å²) in [5, 5.41) is -0.167. The Balaban J connectivity index is 1.96. The first-order chi connectivity index (χ1) is 12.3. The lowest BCUT2D eigenvalue weighted by Crippen LogP contribution is -2.15. The number of alkyl halides is 3. The molecule has 4 rings (SSSR count). The Labute approximate surface area is 142 Å². The van der Waals surface area contributed by atoms with Crippen molar-refractivity contribution in [2.75, 3.05) is 6.79 Å². The van der Waals surface area contributed by atoms with Gasteiger partial charge in [0.1, 0.15) is 11.6 Å². The van der Waals surface area contributed by atoms with Crippen molar-refractivity contribution in [2.24, 2.45) is 0 Å². The average Bonchev–Trinajstić information content (AvgIpc) is 3.07. The van der Waals surface area contributed by atoms with Gasteiger partial charge in [-0.2, -0.15) is 13.2 Å². The summed E-state index contributed by atoms with van der Waals surface area (Å²) < 4.78 is 73.5. The van der Waals surface area contributed by atoms with Crippen LogP contribution in [0.25, 0.3) is 11.0 Å². The molecule has 0 atom stereocenters. The van der Waals surface area contributed by atoms with E-state index < -0.39 is 28.9 Å². The van der Waals surface area contributed by atoms with Gasteiger partial charge in [-0.1, -0.05) is 0 Å². The summed E-state index contributed by atoms with van der Waals surface area (Å²) >= 11 is 0. The molecule has 1 aliphatic rings. The smallest absolute Gasteiger partial charge is 0.453 e. The first-order valence-electron chi connectivity index (χ1n) is 7.24. The van der Waals surface area contributed by atoms with E-state index in [4.69, 9.17) is 18.6 Å². The zero-order chi connectivity index (χ0) is 18.5. The van der Waals surface area contributed by atoms with Crippen LogP contribution in [0.2, 0.25) is 0 Å². The molecule has 5 nitrogen and oxygen atoms in total. The van der Waals surface area contributed by atoms with Gasteiger partial charge in [-0.05, 0) is 36.4 Å². The molecule has 0 amide bonds. The number of ether oxygens (including phenoxy) is 3. The Morgan fingerprint density at radius 1 is 1.00 bits per heavy atom. The quantitative estimate of drug-likeness (QED) is 0.625. The molecule has 134 valence electrons. The normalized spacial score (nSPS) is 13.2. The van der Waals surface area contributed by atoms with E-state index in [2.05, 4.69) is 0 Å². The molecule has 0 saturated heterocycles. The third-order valence-corrected chi connectivity index (χ3v) is 3.65. The van der Waals surface area contributed by atoms with E-state index in [9.17, 15) is 22.4 Å². The largest absolute Gasteiger partial charge is 0.453 e. The zero-order valence-corrected chi connectivity index (χ0v) is 12.7. The van der Waals surface area contributed by atoms with Crippen molar-refractivity contribution < 1.29 is 36.2 Å². The van der Waals surface area contributed by atoms with Crippen LogP contribution in [0.5, 0.6) is 23.0 Å². The van der Waals surface area contributed by atoms with Crippen LogP contribution >= 0.6 is 0 Å². The predicted molar refractivity (Wildman–Crippen MR) is 80.1 cm³/mol. The molecule has 1 aromatic heterocycles. The van der Waals surface area contributed by atoms with E-state index in [0.717, 1.165) is 24.3 Å². The van der Waals surface area contributed by atoms with E-state index in [0.29, 0.717) is 0 Å². The van der Waals surface area contributed by atoms with Gasteiger partial charge in [-0.25, -0.2) is 4.39 Å². The summed E-state index contributed by atoms with van der Waals surface area (Å²) in [6, 6.07) is 6.81. The Bertz CT molecular complexity index is 1050. The van der Waals surface area contributed by atoms with Gasteiger partial charge in [0.25, 0.3) is 5.76 Å². The second-order valence-corrected chi connectivity index (χ2v) is 5.32. The molecule has 0 saturated carbocycles. The summed E-state index contributed by atoms with van der Waals surface area (Å²) in [6.07, 6.45) is -5.01. The molecular formula is C17H8F4O5. The average molecular weight is 368 g/mol. The highest BCUT2D eigenvalue weighted by molar-refractivity contribution is 5.87. The number of hydrogen-bond donors (Lipinski definition) is 0. The highest BCUT2D eigenvalue weighted by Gasteiger charge is 2.41. The van der Waals surface area contributed by atoms with Crippen LogP contribution in [0.3, 0.4) is 0 Å². The van der Waals surface area contributed by atoms with Crippen LogP contribution < -0.4 is 19.6 Å². The van der Waals surface area contributed by atoms with E-state index in [1.807, 2.05) is 0 Å². The number of hydrogen-bond acceptors (Lipinski definition) is 5. The second-order valence-electron chi connectivity index (χ2n) is 5.32. The maximum atomic E-state index is 13.4. The Kier molecular flexibility index (Phi) is 3.53. The van der Waals surface area contributed by atoms with Gasteiger partial charge in [0, 0.05) is 0 Å². The highest BCUT2D eigenvalue weighted by atomic mass is 19.4. The van der Waals surface area contributed by atoms with Gasteiger partial charge in [-0.3, -0.25) is 4.79 Å². The molecule has 1 aliphatic heterocycles. The Hall–Kier alpha value is -3.23. The molecule has 9 heteroatoms. The summed E-state index contributed by atoms with van der Waals surface area (Å²) in [7, 11) is 0. The molecule has 26 heavy (non-hydrogen) atoms. The van der Waals surface area contributed by atoms with Crippen molar-refractivity contribution in [3.63, 3.8) is 0 Å². The molecule has 0 radical (unpaired) electrons. The van der Waals surface area contributed by atoms with E-state index in [-0.39, 0.29) is 35.0 Å². The molecule has 0 unspecified atom stereocenters. The first-order valence-corrected chi connectivity index (χ1v) is 7.24. The van der Waals surface area contributed by atoms with Crippen molar-refractivity contribution >= 4 is 11.0 Å². The van der Waals surface area contributed by atoms with Gasteiger partial charge < -0.3 is 18.6 Å². The fraction of sp³-hybridized carbons (Fsp3) is 0.118. The molecule has 0 N–H and O–H groups in total. The highest BCUT2D eigenvalue weighted by Crippen LogP contribution is 2.43. The summed E-state index contributed by atoms with van der Waals surface area (Å²) in [6.45, 7) is -0.201. The van der Waals surface area contributed by atoms with Crippen LogP contribution in [0.4, 0.5) is 17.6 Å². The van der Waals surface area contributed by atoms with Crippen LogP contribution in [0, 0.1) is 5.82 Å². The number of fused-ring (bicyclic) bond motifs is 3. The minimum absolute atomic E-state index is 0.0848. The number of rotatable bonds is 2. The van der Waals surface area contributed by atoms with Crippen LogP contribution in [-0.4, -0.2) is 6.79 Å². The van der Waals surface area contributed by atoms with Gasteiger partial charge in [0.05, 0.1) is 5.39 Å². The molecule has 0 spiro atoms. The fourth-order valence-corrected chi connectivity index (χ4v) is 2.50. The lowest BCUT2D eigenvalue weighted by atomic mass is 10.1. The van der Waals surface area contributed by atoms with E-state index in [1.54, 1.807) is 0 Å². The summed E-state index contributed by atoms with van der Waals surface area (Å²) in [4.78, 5) is 12.6. The fourth-order valence-electron chi connectivity index (χ4n) is 2.50. The molecule has 2 aromatic carbocycles. The minimum atomic E-state index is -5.01. The second kappa shape index (κ2) is 5.65. The monoisotopic (exact) mass is 368 g/mol. The van der Waals surface area contributed by atoms with Crippen LogP contribution in [0.1, 0.15) is 5.76 Å². The Morgan fingerprint density at radius 2 is 1.73 bits per heavy atom. The SMILES string of the molecule is O=c1c(Oc2ccc(F)cc2)c(C(F)(F)F)oc2c3c(ccc12)OCO3. The van der Waals surface area contributed by atoms with Gasteiger partial charge in [0.2, 0.25) is 23.7 Å². The van der Waals surface area contributed by atoms with Crippen molar-refractivity contribution in [1.82, 2.24) is 0 Å². The van der Waals surface area contributed by atoms with Crippen molar-refractivity contribution in [1.29, 1.82) is 0 Å². The lowest BCUT2D eigenvalue weighted by molar-refractivity contribution is -0.154. The summed E-state index contributed by atoms with van der Waals surface area (Å²) in [5.74, 6) is -3.34. The number of benzene rings is 2. The molecule has 3 aromatic rings. The van der Waals surface area contributed by atoms with E-state index in [1.165, 1.54) is 12.1 Å². The molecule has 2 heterocycles. The van der Waals surface area contributed by atoms with Crippen molar-refractivity contribution in [3.05, 3.63) is 58.2 Å². The van der Waals surface area contributed by atoms with E-state index >= 15 is 0 Å². The maximum absolute atomic E-state index is 13.4. The predicted octanol–water partition coefficient (Wildman–Crippen LogP) is 4.47. The molecular weight excluding hydrogens is 360 g/mol. The molecule has 0 fully saturated rings. The van der Waals surface area contributed by atoms with Gasteiger partial charge >= 0.3 is 6.18 Å². The topological polar surface area (TPSA) is 57.9 Å². The van der Waals surface area contributed by atoms with Crippen molar-refractivity contribution in [3.8, 4) is 23.0 Å². The standard InChI is InChI=1S/C17H8F4O5/c18-8-1-3-9(4-2-8)25-15-12(22)10-5-6-11-14(24-7-23-11)13(10)26-16(15)17(19,20)21/h1-6H,7H2. The molecule has 0 bridgehead atoms. The van der Waals surface area contributed by atoms with Crippen molar-refractivity contribution in [2.45, 2.75) is 6.18 Å². The summed E-state index contributed by atoms with van der Waals surface area (Å²) in [5.41, 5.74) is -1.43. The minimum Gasteiger partial charge on any atom is -0.453 e. The Morgan fingerprint density at radius 3 is 2.42 bits per heavy atom. The zero-order valence-electron chi connectivity index (χ0n) is 12.7. The van der Waals surface area contributed by atoms with Crippen LogP contribution in [-0.2, 0) is 6.18 Å². The number of halogens is 4. The third kappa shape index (κ3) is 2.61. The van der Waals surface area contributed by atoms with Gasteiger partial charge in [-0.15, -0.1) is 0 Å². The molecule has 0 aliphatic carbocycles.